The lowest BCUT2D eigenvalue weighted by atomic mass is 10.3. The molecule has 0 saturated carbocycles. The summed E-state index contributed by atoms with van der Waals surface area (Å²) in [6, 6.07) is 3.07. The Morgan fingerprint density at radius 2 is 2.17 bits per heavy atom. The van der Waals surface area contributed by atoms with E-state index in [2.05, 4.69) is 20.7 Å². The molecular formula is C10H8Cl2N4O2. The van der Waals surface area contributed by atoms with Crippen molar-refractivity contribution in [2.45, 2.75) is 13.5 Å². The second-order valence-electron chi connectivity index (χ2n) is 3.49. The standard InChI is InChI=1S/C10H8Cl2N4O2/c1-5-2-6(18-16-5)4-13-10(17)7-3-8(11)14-15-9(7)12/h2-3H,4H2,1H3,(H,13,17). The molecule has 1 amide bonds. The maximum Gasteiger partial charge on any atom is 0.254 e. The monoisotopic (exact) mass is 286 g/mol. The summed E-state index contributed by atoms with van der Waals surface area (Å²) in [7, 11) is 0. The zero-order valence-electron chi connectivity index (χ0n) is 9.28. The van der Waals surface area contributed by atoms with Gasteiger partial charge in [0.15, 0.2) is 16.1 Å². The Morgan fingerprint density at radius 1 is 1.39 bits per heavy atom. The second-order valence-corrected chi connectivity index (χ2v) is 4.23. The number of halogens is 2. The summed E-state index contributed by atoms with van der Waals surface area (Å²) in [6.07, 6.45) is 0. The molecule has 0 aromatic carbocycles. The molecule has 0 fully saturated rings. The Balaban J connectivity index is 2.05. The molecule has 1 N–H and O–H groups in total. The van der Waals surface area contributed by atoms with Gasteiger partial charge in [-0.1, -0.05) is 28.4 Å². The van der Waals surface area contributed by atoms with Crippen LogP contribution < -0.4 is 5.32 Å². The van der Waals surface area contributed by atoms with Gasteiger partial charge in [0.05, 0.1) is 17.8 Å². The Hall–Kier alpha value is -1.66. The van der Waals surface area contributed by atoms with Gasteiger partial charge in [0.1, 0.15) is 0 Å². The molecule has 6 nitrogen and oxygen atoms in total. The number of nitrogens with zero attached hydrogens (tertiary/aromatic N) is 3. The SMILES string of the molecule is Cc1cc(CNC(=O)c2cc(Cl)nnc2Cl)on1. The van der Waals surface area contributed by atoms with Gasteiger partial charge in [0, 0.05) is 6.07 Å². The van der Waals surface area contributed by atoms with E-state index in [1.165, 1.54) is 6.07 Å². The highest BCUT2D eigenvalue weighted by Crippen LogP contribution is 2.15. The van der Waals surface area contributed by atoms with E-state index in [1.807, 2.05) is 0 Å². The van der Waals surface area contributed by atoms with Crippen molar-refractivity contribution >= 4 is 29.1 Å². The molecule has 0 bridgehead atoms. The van der Waals surface area contributed by atoms with Gasteiger partial charge < -0.3 is 9.84 Å². The topological polar surface area (TPSA) is 80.9 Å². The summed E-state index contributed by atoms with van der Waals surface area (Å²) in [4.78, 5) is 11.8. The van der Waals surface area contributed by atoms with Gasteiger partial charge in [-0.2, -0.15) is 0 Å². The normalized spacial score (nSPS) is 10.4. The van der Waals surface area contributed by atoms with Crippen LogP contribution in [0.25, 0.3) is 0 Å². The fraction of sp³-hybridized carbons (Fsp3) is 0.200. The molecule has 2 rings (SSSR count). The van der Waals surface area contributed by atoms with Crippen molar-refractivity contribution < 1.29 is 9.32 Å². The number of amides is 1. The first-order chi connectivity index (χ1) is 8.56. The second kappa shape index (κ2) is 5.32. The van der Waals surface area contributed by atoms with E-state index in [-0.39, 0.29) is 22.4 Å². The molecule has 0 atom stereocenters. The zero-order chi connectivity index (χ0) is 13.1. The quantitative estimate of drug-likeness (QED) is 0.933. The molecule has 2 aromatic rings. The van der Waals surface area contributed by atoms with E-state index in [0.29, 0.717) is 5.76 Å². The molecule has 2 aromatic heterocycles. The lowest BCUT2D eigenvalue weighted by Gasteiger charge is -2.03. The molecule has 94 valence electrons. The van der Waals surface area contributed by atoms with Crippen molar-refractivity contribution in [1.29, 1.82) is 0 Å². The first kappa shape index (κ1) is 12.8. The number of rotatable bonds is 3. The predicted molar refractivity (Wildman–Crippen MR) is 64.5 cm³/mol. The maximum atomic E-state index is 11.8. The lowest BCUT2D eigenvalue weighted by molar-refractivity contribution is 0.0946. The number of carbonyl (C=O) groups excluding carboxylic acids is 1. The Morgan fingerprint density at radius 3 is 2.83 bits per heavy atom. The largest absolute Gasteiger partial charge is 0.359 e. The van der Waals surface area contributed by atoms with Gasteiger partial charge in [0.25, 0.3) is 5.91 Å². The minimum absolute atomic E-state index is 0.00866. The molecule has 0 radical (unpaired) electrons. The fourth-order valence-electron chi connectivity index (χ4n) is 1.27. The summed E-state index contributed by atoms with van der Waals surface area (Å²) in [5.74, 6) is 0.135. The maximum absolute atomic E-state index is 11.8. The third kappa shape index (κ3) is 2.96. The number of hydrogen-bond donors (Lipinski definition) is 1. The summed E-state index contributed by atoms with van der Waals surface area (Å²) in [5, 5.41) is 13.5. The zero-order valence-corrected chi connectivity index (χ0v) is 10.8. The van der Waals surface area contributed by atoms with E-state index in [9.17, 15) is 4.79 Å². The van der Waals surface area contributed by atoms with Crippen molar-refractivity contribution in [3.8, 4) is 0 Å². The first-order valence-corrected chi connectivity index (χ1v) is 5.71. The van der Waals surface area contributed by atoms with Crippen LogP contribution in [-0.2, 0) is 6.54 Å². The highest BCUT2D eigenvalue weighted by Gasteiger charge is 2.13. The number of aryl methyl sites for hydroxylation is 1. The van der Waals surface area contributed by atoms with Crippen molar-refractivity contribution in [2.24, 2.45) is 0 Å². The fourth-order valence-corrected chi connectivity index (χ4v) is 1.60. The highest BCUT2D eigenvalue weighted by atomic mass is 35.5. The summed E-state index contributed by atoms with van der Waals surface area (Å²) in [5.41, 5.74) is 0.902. The van der Waals surface area contributed by atoms with Gasteiger partial charge >= 0.3 is 0 Å². The third-order valence-electron chi connectivity index (χ3n) is 2.06. The molecule has 0 aliphatic carbocycles. The van der Waals surface area contributed by atoms with Crippen molar-refractivity contribution in [1.82, 2.24) is 20.7 Å². The summed E-state index contributed by atoms with van der Waals surface area (Å²) in [6.45, 7) is 1.99. The van der Waals surface area contributed by atoms with Crippen LogP contribution in [-0.4, -0.2) is 21.3 Å². The molecule has 0 saturated heterocycles. The Labute approximate surface area is 112 Å². The molecule has 0 unspecified atom stereocenters. The van der Waals surface area contributed by atoms with E-state index in [0.717, 1.165) is 5.69 Å². The minimum Gasteiger partial charge on any atom is -0.359 e. The molecule has 0 aliphatic heterocycles. The van der Waals surface area contributed by atoms with Crippen LogP contribution in [0.5, 0.6) is 0 Å². The molecule has 8 heteroatoms. The predicted octanol–water partition coefficient (Wildman–Crippen LogP) is 2.01. The minimum atomic E-state index is -0.411. The Kier molecular flexibility index (Phi) is 3.78. The van der Waals surface area contributed by atoms with Gasteiger partial charge in [-0.15, -0.1) is 10.2 Å². The van der Waals surface area contributed by atoms with Crippen molar-refractivity contribution in [3.05, 3.63) is 39.5 Å². The number of carbonyl (C=O) groups is 1. The first-order valence-electron chi connectivity index (χ1n) is 4.95. The average Bonchev–Trinajstić information content (AvgIpc) is 2.75. The Bertz CT molecular complexity index is 585. The molecule has 0 spiro atoms. The van der Waals surface area contributed by atoms with Gasteiger partial charge in [-0.3, -0.25) is 4.79 Å². The molecule has 2 heterocycles. The van der Waals surface area contributed by atoms with E-state index >= 15 is 0 Å². The highest BCUT2D eigenvalue weighted by molar-refractivity contribution is 6.34. The number of aromatic nitrogens is 3. The van der Waals surface area contributed by atoms with Crippen molar-refractivity contribution in [2.75, 3.05) is 0 Å². The van der Waals surface area contributed by atoms with Crippen LogP contribution in [0.3, 0.4) is 0 Å². The number of hydrogen-bond acceptors (Lipinski definition) is 5. The van der Waals surface area contributed by atoms with Gasteiger partial charge in [-0.05, 0) is 13.0 Å². The van der Waals surface area contributed by atoms with Crippen LogP contribution in [0.4, 0.5) is 0 Å². The number of nitrogens with one attached hydrogen (secondary N) is 1. The van der Waals surface area contributed by atoms with Crippen LogP contribution in [0.2, 0.25) is 10.3 Å². The van der Waals surface area contributed by atoms with Crippen LogP contribution in [0.1, 0.15) is 21.8 Å². The average molecular weight is 287 g/mol. The van der Waals surface area contributed by atoms with Crippen LogP contribution in [0.15, 0.2) is 16.7 Å². The summed E-state index contributed by atoms with van der Waals surface area (Å²) >= 11 is 11.4. The van der Waals surface area contributed by atoms with E-state index < -0.39 is 5.91 Å². The van der Waals surface area contributed by atoms with E-state index in [4.69, 9.17) is 27.7 Å². The van der Waals surface area contributed by atoms with Crippen molar-refractivity contribution in [3.63, 3.8) is 0 Å². The third-order valence-corrected chi connectivity index (χ3v) is 2.53. The van der Waals surface area contributed by atoms with Crippen LogP contribution >= 0.6 is 23.2 Å². The molecule has 0 aliphatic rings. The molecule has 18 heavy (non-hydrogen) atoms. The lowest BCUT2D eigenvalue weighted by Crippen LogP contribution is -2.23. The van der Waals surface area contributed by atoms with Crippen LogP contribution in [0, 0.1) is 6.92 Å². The van der Waals surface area contributed by atoms with Gasteiger partial charge in [-0.25, -0.2) is 0 Å². The smallest absolute Gasteiger partial charge is 0.254 e. The van der Waals surface area contributed by atoms with E-state index in [1.54, 1.807) is 13.0 Å². The summed E-state index contributed by atoms with van der Waals surface area (Å²) < 4.78 is 4.95. The van der Waals surface area contributed by atoms with Gasteiger partial charge in [0.2, 0.25) is 0 Å². The molecular weight excluding hydrogens is 279 g/mol.